The Morgan fingerprint density at radius 1 is 1.47 bits per heavy atom. The monoisotopic (exact) mass is 281 g/mol. The molecule has 0 aliphatic heterocycles. The van der Waals surface area contributed by atoms with Crippen LogP contribution in [0.25, 0.3) is 0 Å². The van der Waals surface area contributed by atoms with Crippen LogP contribution in [0.15, 0.2) is 12.4 Å². The molecule has 2 aromatic rings. The summed E-state index contributed by atoms with van der Waals surface area (Å²) < 4.78 is 3.39. The number of carbonyl (C=O) groups excluding carboxylic acids is 1. The third-order valence-corrected chi connectivity index (χ3v) is 3.14. The largest absolute Gasteiger partial charge is 0.323 e. The minimum atomic E-state index is -0.0641. The molecule has 0 unspecified atom stereocenters. The van der Waals surface area contributed by atoms with Gasteiger partial charge in [-0.05, 0) is 13.8 Å². The number of anilines is 1. The molecule has 102 valence electrons. The summed E-state index contributed by atoms with van der Waals surface area (Å²) in [5.41, 5.74) is 2.54. The van der Waals surface area contributed by atoms with Crippen LogP contribution >= 0.6 is 11.6 Å². The van der Waals surface area contributed by atoms with E-state index in [0.717, 1.165) is 17.1 Å². The van der Waals surface area contributed by atoms with Gasteiger partial charge in [-0.1, -0.05) is 11.6 Å². The van der Waals surface area contributed by atoms with Crippen molar-refractivity contribution in [2.24, 2.45) is 7.05 Å². The molecule has 0 atom stereocenters. The molecular weight excluding hydrogens is 266 g/mol. The molecule has 2 rings (SSSR count). The SMILES string of the molecule is Cc1nn(C)c(C)c1NC(=O)CCn1cc(Cl)cn1. The average molecular weight is 282 g/mol. The van der Waals surface area contributed by atoms with E-state index < -0.39 is 0 Å². The van der Waals surface area contributed by atoms with E-state index in [1.165, 1.54) is 0 Å². The molecule has 1 amide bonds. The lowest BCUT2D eigenvalue weighted by Gasteiger charge is -2.05. The Bertz CT molecular complexity index is 601. The minimum absolute atomic E-state index is 0.0641. The maximum atomic E-state index is 11.9. The van der Waals surface area contributed by atoms with E-state index in [1.807, 2.05) is 20.9 Å². The van der Waals surface area contributed by atoms with Gasteiger partial charge in [0.2, 0.25) is 5.91 Å². The van der Waals surface area contributed by atoms with Crippen molar-refractivity contribution in [3.8, 4) is 0 Å². The van der Waals surface area contributed by atoms with Gasteiger partial charge in [0.25, 0.3) is 0 Å². The first-order valence-electron chi connectivity index (χ1n) is 5.95. The van der Waals surface area contributed by atoms with Crippen molar-refractivity contribution in [1.82, 2.24) is 19.6 Å². The molecule has 0 aliphatic rings. The van der Waals surface area contributed by atoms with Crippen LogP contribution in [0.1, 0.15) is 17.8 Å². The Labute approximate surface area is 116 Å². The zero-order valence-electron chi connectivity index (χ0n) is 11.1. The first-order chi connectivity index (χ1) is 8.97. The summed E-state index contributed by atoms with van der Waals surface area (Å²) in [5.74, 6) is -0.0641. The molecule has 0 bridgehead atoms. The summed E-state index contributed by atoms with van der Waals surface area (Å²) in [5, 5.41) is 11.7. The highest BCUT2D eigenvalue weighted by Gasteiger charge is 2.12. The third-order valence-electron chi connectivity index (χ3n) is 2.94. The summed E-state index contributed by atoms with van der Waals surface area (Å²) >= 11 is 5.75. The number of aromatic nitrogens is 4. The Morgan fingerprint density at radius 3 is 2.74 bits per heavy atom. The minimum Gasteiger partial charge on any atom is -0.323 e. The molecular formula is C12H16ClN5O. The molecule has 0 fully saturated rings. The second kappa shape index (κ2) is 5.44. The summed E-state index contributed by atoms with van der Waals surface area (Å²) in [6.45, 7) is 4.29. The maximum absolute atomic E-state index is 11.9. The maximum Gasteiger partial charge on any atom is 0.226 e. The Balaban J connectivity index is 1.94. The van der Waals surface area contributed by atoms with Crippen LogP contribution in [-0.2, 0) is 18.4 Å². The topological polar surface area (TPSA) is 64.7 Å². The smallest absolute Gasteiger partial charge is 0.226 e. The second-order valence-electron chi connectivity index (χ2n) is 4.39. The number of halogens is 1. The lowest BCUT2D eigenvalue weighted by Crippen LogP contribution is -2.15. The summed E-state index contributed by atoms with van der Waals surface area (Å²) in [7, 11) is 1.85. The Morgan fingerprint density at radius 2 is 2.21 bits per heavy atom. The van der Waals surface area contributed by atoms with Crippen molar-refractivity contribution < 1.29 is 4.79 Å². The van der Waals surface area contributed by atoms with Crippen LogP contribution in [0.4, 0.5) is 5.69 Å². The predicted octanol–water partition coefficient (Wildman–Crippen LogP) is 1.92. The average Bonchev–Trinajstić information content (AvgIpc) is 2.86. The fraction of sp³-hybridized carbons (Fsp3) is 0.417. The number of hydrogen-bond acceptors (Lipinski definition) is 3. The molecule has 0 saturated heterocycles. The fourth-order valence-electron chi connectivity index (χ4n) is 1.83. The van der Waals surface area contributed by atoms with Crippen LogP contribution in [0.2, 0.25) is 5.02 Å². The fourth-order valence-corrected chi connectivity index (χ4v) is 1.99. The molecule has 7 heteroatoms. The quantitative estimate of drug-likeness (QED) is 0.931. The predicted molar refractivity (Wildman–Crippen MR) is 73.2 cm³/mol. The second-order valence-corrected chi connectivity index (χ2v) is 4.83. The van der Waals surface area contributed by atoms with Gasteiger partial charge >= 0.3 is 0 Å². The van der Waals surface area contributed by atoms with Crippen LogP contribution in [0.3, 0.4) is 0 Å². The lowest BCUT2D eigenvalue weighted by atomic mass is 10.3. The van der Waals surface area contributed by atoms with Gasteiger partial charge in [-0.2, -0.15) is 10.2 Å². The molecule has 6 nitrogen and oxygen atoms in total. The van der Waals surface area contributed by atoms with Crippen LogP contribution in [-0.4, -0.2) is 25.5 Å². The summed E-state index contributed by atoms with van der Waals surface area (Å²) in [6.07, 6.45) is 3.58. The van der Waals surface area contributed by atoms with Crippen molar-refractivity contribution in [2.45, 2.75) is 26.8 Å². The lowest BCUT2D eigenvalue weighted by molar-refractivity contribution is -0.116. The van der Waals surface area contributed by atoms with Gasteiger partial charge in [0.15, 0.2) is 0 Å². The summed E-state index contributed by atoms with van der Waals surface area (Å²) in [6, 6.07) is 0. The van der Waals surface area contributed by atoms with Gasteiger partial charge in [0.05, 0.1) is 28.3 Å². The Hall–Kier alpha value is -1.82. The molecule has 1 N–H and O–H groups in total. The standard InChI is InChI=1S/C12H16ClN5O/c1-8-12(9(2)17(3)16-8)15-11(19)4-5-18-7-10(13)6-14-18/h6-7H,4-5H2,1-3H3,(H,15,19). The van der Waals surface area contributed by atoms with E-state index in [1.54, 1.807) is 21.8 Å². The van der Waals surface area contributed by atoms with E-state index in [4.69, 9.17) is 11.6 Å². The van der Waals surface area contributed by atoms with E-state index in [2.05, 4.69) is 15.5 Å². The first-order valence-corrected chi connectivity index (χ1v) is 6.33. The molecule has 0 aliphatic carbocycles. The number of hydrogen-bond donors (Lipinski definition) is 1. The van der Waals surface area contributed by atoms with E-state index in [-0.39, 0.29) is 5.91 Å². The van der Waals surface area contributed by atoms with E-state index >= 15 is 0 Å². The van der Waals surface area contributed by atoms with E-state index in [0.29, 0.717) is 18.0 Å². The van der Waals surface area contributed by atoms with E-state index in [9.17, 15) is 4.79 Å². The number of aryl methyl sites for hydroxylation is 3. The number of carbonyl (C=O) groups is 1. The van der Waals surface area contributed by atoms with Gasteiger partial charge in [-0.15, -0.1) is 0 Å². The molecule has 0 spiro atoms. The van der Waals surface area contributed by atoms with Gasteiger partial charge in [0.1, 0.15) is 0 Å². The van der Waals surface area contributed by atoms with Crippen LogP contribution in [0.5, 0.6) is 0 Å². The zero-order chi connectivity index (χ0) is 14.0. The van der Waals surface area contributed by atoms with Crippen LogP contribution < -0.4 is 5.32 Å². The highest BCUT2D eigenvalue weighted by Crippen LogP contribution is 2.18. The van der Waals surface area contributed by atoms with Gasteiger partial charge in [-0.3, -0.25) is 14.2 Å². The third kappa shape index (κ3) is 3.14. The highest BCUT2D eigenvalue weighted by molar-refractivity contribution is 6.30. The molecule has 19 heavy (non-hydrogen) atoms. The highest BCUT2D eigenvalue weighted by atomic mass is 35.5. The van der Waals surface area contributed by atoms with Crippen molar-refractivity contribution in [3.05, 3.63) is 28.8 Å². The molecule has 0 saturated carbocycles. The van der Waals surface area contributed by atoms with Crippen molar-refractivity contribution in [2.75, 3.05) is 5.32 Å². The molecule has 0 aromatic carbocycles. The summed E-state index contributed by atoms with van der Waals surface area (Å²) in [4.78, 5) is 11.9. The van der Waals surface area contributed by atoms with Crippen molar-refractivity contribution >= 4 is 23.2 Å². The van der Waals surface area contributed by atoms with Gasteiger partial charge < -0.3 is 5.32 Å². The van der Waals surface area contributed by atoms with Crippen molar-refractivity contribution in [1.29, 1.82) is 0 Å². The van der Waals surface area contributed by atoms with Gasteiger partial charge in [0, 0.05) is 26.2 Å². The molecule has 2 heterocycles. The number of nitrogens with one attached hydrogen (secondary N) is 1. The Kier molecular flexibility index (Phi) is 3.90. The number of amides is 1. The molecule has 2 aromatic heterocycles. The molecule has 0 radical (unpaired) electrons. The van der Waals surface area contributed by atoms with Crippen LogP contribution in [0, 0.1) is 13.8 Å². The zero-order valence-corrected chi connectivity index (χ0v) is 11.9. The van der Waals surface area contributed by atoms with Gasteiger partial charge in [-0.25, -0.2) is 0 Å². The number of nitrogens with zero attached hydrogens (tertiary/aromatic N) is 4. The van der Waals surface area contributed by atoms with Crippen molar-refractivity contribution in [3.63, 3.8) is 0 Å². The number of rotatable bonds is 4. The normalized spacial score (nSPS) is 10.7. The first kappa shape index (κ1) is 13.6.